The standard InChI is InChI=1S/C25H30N4O4S/c1-3-23-27-25(34-28-23)18-8-7-17(2)20(15-18)26-16-24(31)29-10-9-19-21(29)5-4-6-22(19)33-14-13-32-12-11-30/h4-8,15,26,30H,3,9-14,16H2,1-2H3. The van der Waals surface area contributed by atoms with Crippen LogP contribution in [-0.4, -0.2) is 59.9 Å². The van der Waals surface area contributed by atoms with E-state index in [9.17, 15) is 4.79 Å². The third-order valence-corrected chi connectivity index (χ3v) is 6.51. The lowest BCUT2D eigenvalue weighted by Gasteiger charge is -2.19. The van der Waals surface area contributed by atoms with E-state index in [0.29, 0.717) is 26.4 Å². The summed E-state index contributed by atoms with van der Waals surface area (Å²) in [5.74, 6) is 1.63. The van der Waals surface area contributed by atoms with Crippen molar-refractivity contribution >= 4 is 28.8 Å². The van der Waals surface area contributed by atoms with Crippen molar-refractivity contribution in [1.29, 1.82) is 0 Å². The number of aliphatic hydroxyl groups excluding tert-OH is 1. The lowest BCUT2D eigenvalue weighted by molar-refractivity contribution is -0.116. The van der Waals surface area contributed by atoms with Crippen LogP contribution in [0.15, 0.2) is 36.4 Å². The molecule has 0 atom stereocenters. The average Bonchev–Trinajstić information content (AvgIpc) is 3.51. The van der Waals surface area contributed by atoms with Gasteiger partial charge in [0.1, 0.15) is 23.2 Å². The molecule has 0 fully saturated rings. The first kappa shape index (κ1) is 24.1. The molecule has 0 aliphatic carbocycles. The number of fused-ring (bicyclic) bond motifs is 1. The summed E-state index contributed by atoms with van der Waals surface area (Å²) in [5.41, 5.74) is 4.91. The number of nitrogens with zero attached hydrogens (tertiary/aromatic N) is 3. The Hall–Kier alpha value is -3.01. The predicted octanol–water partition coefficient (Wildman–Crippen LogP) is 3.46. The fraction of sp³-hybridized carbons (Fsp3) is 0.400. The van der Waals surface area contributed by atoms with Crippen molar-refractivity contribution in [2.45, 2.75) is 26.7 Å². The van der Waals surface area contributed by atoms with Crippen molar-refractivity contribution in [3.8, 4) is 16.3 Å². The van der Waals surface area contributed by atoms with Gasteiger partial charge in [-0.25, -0.2) is 4.98 Å². The number of carbonyl (C=O) groups excluding carboxylic acids is 1. The highest BCUT2D eigenvalue weighted by molar-refractivity contribution is 7.09. The number of aryl methyl sites for hydroxylation is 2. The minimum Gasteiger partial charge on any atom is -0.491 e. The number of aromatic nitrogens is 2. The quantitative estimate of drug-likeness (QED) is 0.404. The molecule has 1 aliphatic heterocycles. The van der Waals surface area contributed by atoms with Crippen LogP contribution in [0.1, 0.15) is 23.9 Å². The number of hydrogen-bond acceptors (Lipinski definition) is 8. The second-order valence-electron chi connectivity index (χ2n) is 7.99. The average molecular weight is 483 g/mol. The van der Waals surface area contributed by atoms with Gasteiger partial charge in [-0.3, -0.25) is 4.79 Å². The fourth-order valence-electron chi connectivity index (χ4n) is 3.90. The molecule has 1 aliphatic rings. The molecule has 8 nitrogen and oxygen atoms in total. The largest absolute Gasteiger partial charge is 0.491 e. The number of aliphatic hydroxyl groups is 1. The Labute approximate surface area is 203 Å². The molecular formula is C25H30N4O4S. The lowest BCUT2D eigenvalue weighted by atomic mass is 10.1. The van der Waals surface area contributed by atoms with E-state index in [-0.39, 0.29) is 19.1 Å². The second kappa shape index (κ2) is 11.4. The molecule has 0 unspecified atom stereocenters. The molecular weight excluding hydrogens is 452 g/mol. The fourth-order valence-corrected chi connectivity index (χ4v) is 4.64. The Morgan fingerprint density at radius 1 is 1.24 bits per heavy atom. The van der Waals surface area contributed by atoms with Gasteiger partial charge in [0.2, 0.25) is 5.91 Å². The number of carbonyl (C=O) groups is 1. The van der Waals surface area contributed by atoms with Crippen LogP contribution in [-0.2, 0) is 22.4 Å². The van der Waals surface area contributed by atoms with Gasteiger partial charge in [0.15, 0.2) is 0 Å². The van der Waals surface area contributed by atoms with Crippen molar-refractivity contribution in [2.24, 2.45) is 0 Å². The van der Waals surface area contributed by atoms with Gasteiger partial charge in [0, 0.05) is 29.8 Å². The second-order valence-corrected chi connectivity index (χ2v) is 8.74. The SMILES string of the molecule is CCc1nsc(-c2ccc(C)c(NCC(=O)N3CCc4c(OCCOCCO)cccc43)c2)n1. The van der Waals surface area contributed by atoms with Gasteiger partial charge in [0.05, 0.1) is 32.1 Å². The zero-order valence-electron chi connectivity index (χ0n) is 19.5. The first-order valence-electron chi connectivity index (χ1n) is 11.5. The van der Waals surface area contributed by atoms with Crippen molar-refractivity contribution < 1.29 is 19.4 Å². The van der Waals surface area contributed by atoms with Crippen molar-refractivity contribution in [3.05, 3.63) is 53.3 Å². The number of ether oxygens (including phenoxy) is 2. The van der Waals surface area contributed by atoms with Crippen molar-refractivity contribution in [2.75, 3.05) is 49.7 Å². The number of amides is 1. The van der Waals surface area contributed by atoms with Gasteiger partial charge in [0.25, 0.3) is 0 Å². The van der Waals surface area contributed by atoms with Crippen LogP contribution in [0.4, 0.5) is 11.4 Å². The third kappa shape index (κ3) is 5.55. The molecule has 2 heterocycles. The number of hydrogen-bond donors (Lipinski definition) is 2. The van der Waals surface area contributed by atoms with Crippen LogP contribution in [0.2, 0.25) is 0 Å². The molecule has 0 saturated carbocycles. The Bertz CT molecular complexity index is 1130. The van der Waals surface area contributed by atoms with Crippen LogP contribution in [0.3, 0.4) is 0 Å². The summed E-state index contributed by atoms with van der Waals surface area (Å²) in [7, 11) is 0. The highest BCUT2D eigenvalue weighted by atomic mass is 32.1. The monoisotopic (exact) mass is 482 g/mol. The molecule has 3 aromatic rings. The van der Waals surface area contributed by atoms with E-state index in [0.717, 1.165) is 57.5 Å². The third-order valence-electron chi connectivity index (χ3n) is 5.71. The van der Waals surface area contributed by atoms with Crippen LogP contribution in [0, 0.1) is 6.92 Å². The number of nitrogens with one attached hydrogen (secondary N) is 1. The van der Waals surface area contributed by atoms with Gasteiger partial charge >= 0.3 is 0 Å². The van der Waals surface area contributed by atoms with E-state index in [1.165, 1.54) is 11.5 Å². The Kier molecular flexibility index (Phi) is 8.10. The number of anilines is 2. The maximum Gasteiger partial charge on any atom is 0.246 e. The van der Waals surface area contributed by atoms with Gasteiger partial charge in [-0.15, -0.1) is 0 Å². The molecule has 4 rings (SSSR count). The highest BCUT2D eigenvalue weighted by Crippen LogP contribution is 2.35. The molecule has 0 radical (unpaired) electrons. The predicted molar refractivity (Wildman–Crippen MR) is 134 cm³/mol. The molecule has 1 amide bonds. The summed E-state index contributed by atoms with van der Waals surface area (Å²) in [5, 5.41) is 13.0. The van der Waals surface area contributed by atoms with Crippen LogP contribution in [0.25, 0.3) is 10.6 Å². The summed E-state index contributed by atoms with van der Waals surface area (Å²) >= 11 is 1.39. The molecule has 0 spiro atoms. The Morgan fingerprint density at radius 2 is 2.12 bits per heavy atom. The molecule has 180 valence electrons. The maximum absolute atomic E-state index is 13.1. The van der Waals surface area contributed by atoms with Crippen molar-refractivity contribution in [3.63, 3.8) is 0 Å². The number of benzene rings is 2. The topological polar surface area (TPSA) is 96.8 Å². The normalized spacial score (nSPS) is 12.6. The van der Waals surface area contributed by atoms with Gasteiger partial charge in [-0.05, 0) is 48.6 Å². The Balaban J connectivity index is 1.39. The van der Waals surface area contributed by atoms with Gasteiger partial charge in [-0.2, -0.15) is 4.37 Å². The van der Waals surface area contributed by atoms with Crippen molar-refractivity contribution in [1.82, 2.24) is 9.36 Å². The van der Waals surface area contributed by atoms with E-state index in [2.05, 4.69) is 14.7 Å². The molecule has 34 heavy (non-hydrogen) atoms. The Morgan fingerprint density at radius 3 is 2.91 bits per heavy atom. The lowest BCUT2D eigenvalue weighted by Crippen LogP contribution is -2.34. The molecule has 2 aromatic carbocycles. The molecule has 0 saturated heterocycles. The summed E-state index contributed by atoms with van der Waals surface area (Å²) in [6.07, 6.45) is 1.56. The van der Waals surface area contributed by atoms with E-state index < -0.39 is 0 Å². The first-order valence-corrected chi connectivity index (χ1v) is 12.3. The first-order chi connectivity index (χ1) is 16.6. The molecule has 9 heteroatoms. The van der Waals surface area contributed by atoms with E-state index >= 15 is 0 Å². The maximum atomic E-state index is 13.1. The zero-order valence-corrected chi connectivity index (χ0v) is 20.4. The van der Waals surface area contributed by atoms with Crippen LogP contribution < -0.4 is 15.0 Å². The van der Waals surface area contributed by atoms with E-state index in [1.807, 2.05) is 55.1 Å². The summed E-state index contributed by atoms with van der Waals surface area (Å²) < 4.78 is 15.5. The molecule has 2 N–H and O–H groups in total. The highest BCUT2D eigenvalue weighted by Gasteiger charge is 2.27. The minimum atomic E-state index is -0.00240. The number of rotatable bonds is 11. The summed E-state index contributed by atoms with van der Waals surface area (Å²) in [4.78, 5) is 19.5. The van der Waals surface area contributed by atoms with Gasteiger partial charge < -0.3 is 24.8 Å². The van der Waals surface area contributed by atoms with Crippen LogP contribution >= 0.6 is 11.5 Å². The van der Waals surface area contributed by atoms with E-state index in [4.69, 9.17) is 14.6 Å². The zero-order chi connectivity index (χ0) is 23.9. The minimum absolute atomic E-state index is 0.00240. The van der Waals surface area contributed by atoms with Gasteiger partial charge in [-0.1, -0.05) is 25.1 Å². The molecule has 1 aromatic heterocycles. The van der Waals surface area contributed by atoms with E-state index in [1.54, 1.807) is 0 Å². The summed E-state index contributed by atoms with van der Waals surface area (Å²) in [6.45, 7) is 5.99. The smallest absolute Gasteiger partial charge is 0.246 e. The molecule has 0 bridgehead atoms. The van der Waals surface area contributed by atoms with Crippen LogP contribution in [0.5, 0.6) is 5.75 Å². The summed E-state index contributed by atoms with van der Waals surface area (Å²) in [6, 6.07) is 11.9.